The van der Waals surface area contributed by atoms with Crippen LogP contribution in [-0.4, -0.2) is 8.42 Å². The van der Waals surface area contributed by atoms with Crippen LogP contribution in [0.2, 0.25) is 0 Å². The normalized spacial score (nSPS) is 13.8. The fourth-order valence-electron chi connectivity index (χ4n) is 1.47. The molecule has 0 aliphatic rings. The highest BCUT2D eigenvalue weighted by molar-refractivity contribution is 7.89. The molecule has 1 aromatic carbocycles. The van der Waals surface area contributed by atoms with E-state index in [1.54, 1.807) is 12.1 Å². The first-order valence-electron chi connectivity index (χ1n) is 5.06. The van der Waals surface area contributed by atoms with Crippen LogP contribution in [0.1, 0.15) is 25.8 Å². The summed E-state index contributed by atoms with van der Waals surface area (Å²) in [6, 6.07) is 6.92. The Morgan fingerprint density at radius 3 is 2.47 bits per heavy atom. The Morgan fingerprint density at radius 2 is 1.93 bits per heavy atom. The van der Waals surface area contributed by atoms with Crippen molar-refractivity contribution in [1.29, 1.82) is 0 Å². The highest BCUT2D eigenvalue weighted by Crippen LogP contribution is 2.18. The molecule has 1 rings (SSSR count). The molecule has 1 unspecified atom stereocenters. The Morgan fingerprint density at radius 1 is 1.33 bits per heavy atom. The van der Waals surface area contributed by atoms with Crippen molar-refractivity contribution in [3.05, 3.63) is 29.8 Å². The predicted octanol–water partition coefficient (Wildman–Crippen LogP) is 1.92. The van der Waals surface area contributed by atoms with Crippen molar-refractivity contribution in [1.82, 2.24) is 0 Å². The molecule has 0 aliphatic heterocycles. The van der Waals surface area contributed by atoms with Crippen LogP contribution in [-0.2, 0) is 16.4 Å². The minimum Gasteiger partial charge on any atom is -0.225 e. The fourth-order valence-corrected chi connectivity index (χ4v) is 2.25. The SMILES string of the molecule is CCC(C)Cc1ccccc1S(N)(=O)=O. The summed E-state index contributed by atoms with van der Waals surface area (Å²) in [5, 5.41) is 5.15. The van der Waals surface area contributed by atoms with Crippen LogP contribution in [0.15, 0.2) is 29.2 Å². The van der Waals surface area contributed by atoms with Gasteiger partial charge >= 0.3 is 0 Å². The molecule has 0 fully saturated rings. The molecular weight excluding hydrogens is 210 g/mol. The third-order valence-electron chi connectivity index (χ3n) is 2.54. The van der Waals surface area contributed by atoms with Gasteiger partial charge in [-0.1, -0.05) is 38.5 Å². The van der Waals surface area contributed by atoms with E-state index in [2.05, 4.69) is 13.8 Å². The van der Waals surface area contributed by atoms with Crippen molar-refractivity contribution in [2.75, 3.05) is 0 Å². The van der Waals surface area contributed by atoms with Gasteiger partial charge in [-0.15, -0.1) is 0 Å². The largest absolute Gasteiger partial charge is 0.238 e. The van der Waals surface area contributed by atoms with Crippen LogP contribution < -0.4 is 5.14 Å². The number of sulfonamides is 1. The molecule has 2 N–H and O–H groups in total. The Kier molecular flexibility index (Phi) is 3.88. The topological polar surface area (TPSA) is 60.2 Å². The van der Waals surface area contributed by atoms with Crippen molar-refractivity contribution in [3.8, 4) is 0 Å². The second-order valence-corrected chi connectivity index (χ2v) is 5.40. The Labute approximate surface area is 91.4 Å². The van der Waals surface area contributed by atoms with Gasteiger partial charge in [0.2, 0.25) is 10.0 Å². The summed E-state index contributed by atoms with van der Waals surface area (Å²) in [5.41, 5.74) is 0.814. The number of hydrogen-bond donors (Lipinski definition) is 1. The number of nitrogens with two attached hydrogens (primary N) is 1. The summed E-state index contributed by atoms with van der Waals surface area (Å²) in [7, 11) is -3.59. The van der Waals surface area contributed by atoms with Gasteiger partial charge in [-0.2, -0.15) is 0 Å². The first-order valence-corrected chi connectivity index (χ1v) is 6.60. The average Bonchev–Trinajstić information content (AvgIpc) is 2.17. The molecule has 0 amide bonds. The highest BCUT2D eigenvalue weighted by Gasteiger charge is 2.14. The molecule has 0 spiro atoms. The van der Waals surface area contributed by atoms with E-state index in [1.165, 1.54) is 0 Å². The first kappa shape index (κ1) is 12.2. The van der Waals surface area contributed by atoms with Gasteiger partial charge in [0.1, 0.15) is 0 Å². The summed E-state index contributed by atoms with van der Waals surface area (Å²) in [6.45, 7) is 4.18. The van der Waals surface area contributed by atoms with Crippen molar-refractivity contribution >= 4 is 10.0 Å². The van der Waals surface area contributed by atoms with E-state index in [4.69, 9.17) is 5.14 Å². The van der Waals surface area contributed by atoms with Crippen molar-refractivity contribution in [2.45, 2.75) is 31.6 Å². The van der Waals surface area contributed by atoms with Crippen LogP contribution in [0.3, 0.4) is 0 Å². The molecule has 1 atom stereocenters. The number of rotatable bonds is 4. The summed E-state index contributed by atoms with van der Waals surface area (Å²) < 4.78 is 22.6. The van der Waals surface area contributed by atoms with E-state index >= 15 is 0 Å². The van der Waals surface area contributed by atoms with Gasteiger partial charge in [0.25, 0.3) is 0 Å². The van der Waals surface area contributed by atoms with Crippen LogP contribution >= 0.6 is 0 Å². The molecule has 84 valence electrons. The van der Waals surface area contributed by atoms with Gasteiger partial charge in [0, 0.05) is 0 Å². The highest BCUT2D eigenvalue weighted by atomic mass is 32.2. The van der Waals surface area contributed by atoms with Gasteiger partial charge in [-0.05, 0) is 24.0 Å². The van der Waals surface area contributed by atoms with Gasteiger partial charge in [0.05, 0.1) is 4.90 Å². The monoisotopic (exact) mass is 227 g/mol. The summed E-state index contributed by atoms with van der Waals surface area (Å²) in [6.07, 6.45) is 1.78. The van der Waals surface area contributed by atoms with E-state index in [-0.39, 0.29) is 4.90 Å². The fraction of sp³-hybridized carbons (Fsp3) is 0.455. The summed E-state index contributed by atoms with van der Waals surface area (Å²) in [5.74, 6) is 0.466. The van der Waals surface area contributed by atoms with Crippen molar-refractivity contribution < 1.29 is 8.42 Å². The van der Waals surface area contributed by atoms with Gasteiger partial charge in [-0.3, -0.25) is 0 Å². The van der Waals surface area contributed by atoms with Crippen LogP contribution in [0.25, 0.3) is 0 Å². The number of primary sulfonamides is 1. The lowest BCUT2D eigenvalue weighted by molar-refractivity contribution is 0.552. The average molecular weight is 227 g/mol. The molecule has 0 aromatic heterocycles. The molecule has 0 heterocycles. The zero-order chi connectivity index (χ0) is 11.5. The molecule has 15 heavy (non-hydrogen) atoms. The minimum absolute atomic E-state index is 0.255. The Hall–Kier alpha value is -0.870. The maximum absolute atomic E-state index is 11.3. The van der Waals surface area contributed by atoms with E-state index in [1.807, 2.05) is 12.1 Å². The van der Waals surface area contributed by atoms with Gasteiger partial charge in [0.15, 0.2) is 0 Å². The lowest BCUT2D eigenvalue weighted by Gasteiger charge is -2.11. The third kappa shape index (κ3) is 3.32. The molecule has 0 bridgehead atoms. The zero-order valence-corrected chi connectivity index (χ0v) is 9.92. The first-order chi connectivity index (χ1) is 6.95. The van der Waals surface area contributed by atoms with Crippen LogP contribution in [0, 0.1) is 5.92 Å². The minimum atomic E-state index is -3.59. The molecule has 0 saturated heterocycles. The van der Waals surface area contributed by atoms with E-state index in [9.17, 15) is 8.42 Å². The third-order valence-corrected chi connectivity index (χ3v) is 3.56. The van der Waals surface area contributed by atoms with E-state index in [0.29, 0.717) is 5.92 Å². The standard InChI is InChI=1S/C11H17NO2S/c1-3-9(2)8-10-6-4-5-7-11(10)15(12,13)14/h4-7,9H,3,8H2,1-2H3,(H2,12,13,14). The number of benzene rings is 1. The second kappa shape index (κ2) is 4.77. The van der Waals surface area contributed by atoms with Crippen molar-refractivity contribution in [3.63, 3.8) is 0 Å². The molecule has 1 aromatic rings. The summed E-state index contributed by atoms with van der Waals surface area (Å²) >= 11 is 0. The quantitative estimate of drug-likeness (QED) is 0.854. The van der Waals surface area contributed by atoms with Gasteiger partial charge < -0.3 is 0 Å². The van der Waals surface area contributed by atoms with E-state index in [0.717, 1.165) is 18.4 Å². The van der Waals surface area contributed by atoms with Crippen LogP contribution in [0.5, 0.6) is 0 Å². The smallest absolute Gasteiger partial charge is 0.225 e. The lowest BCUT2D eigenvalue weighted by Crippen LogP contribution is -2.15. The van der Waals surface area contributed by atoms with Gasteiger partial charge in [-0.25, -0.2) is 13.6 Å². The molecule has 0 aliphatic carbocycles. The summed E-state index contributed by atoms with van der Waals surface area (Å²) in [4.78, 5) is 0.255. The van der Waals surface area contributed by atoms with E-state index < -0.39 is 10.0 Å². The zero-order valence-electron chi connectivity index (χ0n) is 9.10. The molecular formula is C11H17NO2S. The maximum Gasteiger partial charge on any atom is 0.238 e. The maximum atomic E-state index is 11.3. The second-order valence-electron chi connectivity index (χ2n) is 3.87. The lowest BCUT2D eigenvalue weighted by atomic mass is 9.99. The van der Waals surface area contributed by atoms with Crippen molar-refractivity contribution in [2.24, 2.45) is 11.1 Å². The molecule has 3 nitrogen and oxygen atoms in total. The Bertz CT molecular complexity index is 426. The Balaban J connectivity index is 3.08. The molecule has 0 radical (unpaired) electrons. The number of hydrogen-bond acceptors (Lipinski definition) is 2. The van der Waals surface area contributed by atoms with Crippen LogP contribution in [0.4, 0.5) is 0 Å². The molecule has 0 saturated carbocycles. The molecule has 4 heteroatoms. The predicted molar refractivity (Wildman–Crippen MR) is 61.0 cm³/mol.